The van der Waals surface area contributed by atoms with Crippen LogP contribution < -0.4 is 5.76 Å². The molecule has 0 saturated heterocycles. The number of benzene rings is 2. The average Bonchev–Trinajstić information content (AvgIpc) is 3.04. The normalized spacial score (nSPS) is 15.3. The summed E-state index contributed by atoms with van der Waals surface area (Å²) in [5.74, 6) is -1.86. The molecule has 0 radical (unpaired) electrons. The Morgan fingerprint density at radius 3 is 2.62 bits per heavy atom. The van der Waals surface area contributed by atoms with E-state index in [9.17, 15) is 22.4 Å². The second kappa shape index (κ2) is 8.42. The van der Waals surface area contributed by atoms with Crippen LogP contribution in [-0.4, -0.2) is 36.1 Å². The van der Waals surface area contributed by atoms with Gasteiger partial charge in [0, 0.05) is 35.9 Å². The lowest BCUT2D eigenvalue weighted by Gasteiger charge is -2.33. The Kier molecular flexibility index (Phi) is 6.02. The molecule has 1 amide bonds. The molecule has 0 bridgehead atoms. The highest BCUT2D eigenvalue weighted by molar-refractivity contribution is 8.13. The molecule has 1 unspecified atom stereocenters. The maximum atomic E-state index is 14.5. The summed E-state index contributed by atoms with van der Waals surface area (Å²) < 4.78 is 49.8. The van der Waals surface area contributed by atoms with Crippen LogP contribution >= 0.6 is 10.7 Å². The largest absolute Gasteiger partial charge is 0.444 e. The quantitative estimate of drug-likeness (QED) is 0.479. The Hall–Kier alpha value is -2.85. The van der Waals surface area contributed by atoms with Crippen LogP contribution in [0, 0.1) is 5.82 Å². The van der Waals surface area contributed by atoms with Crippen LogP contribution in [0.2, 0.25) is 0 Å². The van der Waals surface area contributed by atoms with Gasteiger partial charge in [0.05, 0.1) is 11.6 Å². The number of hydrogen-bond donors (Lipinski definition) is 0. The lowest BCUT2D eigenvalue weighted by molar-refractivity contribution is 0.0223. The first-order chi connectivity index (χ1) is 15.8. The van der Waals surface area contributed by atoms with Crippen molar-refractivity contribution < 1.29 is 26.8 Å². The molecule has 1 aliphatic rings. The van der Waals surface area contributed by atoms with Crippen molar-refractivity contribution in [2.75, 3.05) is 6.54 Å². The highest BCUT2D eigenvalue weighted by Crippen LogP contribution is 2.32. The zero-order chi connectivity index (χ0) is 25.0. The number of halogens is 2. The van der Waals surface area contributed by atoms with Gasteiger partial charge in [-0.1, -0.05) is 18.2 Å². The van der Waals surface area contributed by atoms with Crippen molar-refractivity contribution in [3.8, 4) is 0 Å². The summed E-state index contributed by atoms with van der Waals surface area (Å²) in [6.45, 7) is 7.93. The summed E-state index contributed by atoms with van der Waals surface area (Å²) in [5.41, 5.74) is 2.02. The average molecular weight is 511 g/mol. The molecule has 4 rings (SSSR count). The molecule has 1 atom stereocenters. The standard InChI is InChI=1S/C23H24ClFN2O6S/c1-13(27-18-10-17(25)20(34(24,30)31)11-19(18)32-22(27)29)15-7-5-6-14-8-9-26(12-16(14)15)21(28)33-23(2,3)4/h5-7,10-11,13H,8-9,12H2,1-4H3. The van der Waals surface area contributed by atoms with Crippen LogP contribution in [0.25, 0.3) is 11.1 Å². The first kappa shape index (κ1) is 24.3. The number of rotatable bonds is 3. The van der Waals surface area contributed by atoms with E-state index in [4.69, 9.17) is 19.8 Å². The van der Waals surface area contributed by atoms with E-state index in [1.807, 2.05) is 18.2 Å². The van der Waals surface area contributed by atoms with Crippen molar-refractivity contribution in [1.82, 2.24) is 9.47 Å². The van der Waals surface area contributed by atoms with E-state index in [1.54, 1.807) is 32.6 Å². The smallest absolute Gasteiger partial charge is 0.420 e. The molecule has 0 N–H and O–H groups in total. The highest BCUT2D eigenvalue weighted by Gasteiger charge is 2.29. The van der Waals surface area contributed by atoms with Crippen molar-refractivity contribution in [2.45, 2.75) is 57.2 Å². The zero-order valence-corrected chi connectivity index (χ0v) is 20.7. The monoisotopic (exact) mass is 510 g/mol. The Labute approximate surface area is 200 Å². The van der Waals surface area contributed by atoms with Crippen molar-refractivity contribution in [3.63, 3.8) is 0 Å². The van der Waals surface area contributed by atoms with Gasteiger partial charge in [0.1, 0.15) is 16.3 Å². The summed E-state index contributed by atoms with van der Waals surface area (Å²) in [4.78, 5) is 26.2. The number of amides is 1. The second-order valence-electron chi connectivity index (χ2n) is 9.24. The minimum absolute atomic E-state index is 0.0940. The fourth-order valence-electron chi connectivity index (χ4n) is 4.21. The van der Waals surface area contributed by atoms with E-state index in [1.165, 1.54) is 4.57 Å². The van der Waals surface area contributed by atoms with Gasteiger partial charge in [-0.05, 0) is 50.8 Å². The van der Waals surface area contributed by atoms with Crippen LogP contribution in [-0.2, 0) is 26.8 Å². The van der Waals surface area contributed by atoms with Crippen LogP contribution in [0.15, 0.2) is 44.4 Å². The predicted molar refractivity (Wildman–Crippen MR) is 124 cm³/mol. The van der Waals surface area contributed by atoms with Gasteiger partial charge in [0.2, 0.25) is 0 Å². The lowest BCUT2D eigenvalue weighted by Crippen LogP contribution is -2.40. The second-order valence-corrected chi connectivity index (χ2v) is 11.8. The van der Waals surface area contributed by atoms with E-state index in [2.05, 4.69) is 0 Å². The molecule has 1 aromatic heterocycles. The number of oxazole rings is 1. The summed E-state index contributed by atoms with van der Waals surface area (Å²) >= 11 is 0. The van der Waals surface area contributed by atoms with E-state index < -0.39 is 43.3 Å². The van der Waals surface area contributed by atoms with E-state index in [-0.39, 0.29) is 17.6 Å². The zero-order valence-electron chi connectivity index (χ0n) is 19.1. The fraction of sp³-hybridized carbons (Fsp3) is 0.391. The van der Waals surface area contributed by atoms with E-state index >= 15 is 0 Å². The van der Waals surface area contributed by atoms with E-state index in [0.717, 1.165) is 28.8 Å². The van der Waals surface area contributed by atoms with Gasteiger partial charge in [-0.2, -0.15) is 0 Å². The first-order valence-corrected chi connectivity index (χ1v) is 12.9. The molecule has 0 fully saturated rings. The molecule has 182 valence electrons. The molecule has 0 saturated carbocycles. The van der Waals surface area contributed by atoms with Crippen molar-refractivity contribution >= 4 is 36.9 Å². The van der Waals surface area contributed by atoms with Gasteiger partial charge >= 0.3 is 11.8 Å². The molecule has 3 aromatic rings. The maximum Gasteiger partial charge on any atom is 0.420 e. The third-order valence-electron chi connectivity index (χ3n) is 5.73. The van der Waals surface area contributed by atoms with Crippen molar-refractivity contribution in [3.05, 3.63) is 63.4 Å². The maximum absolute atomic E-state index is 14.5. The topological polar surface area (TPSA) is 98.8 Å². The third kappa shape index (κ3) is 4.56. The number of nitrogens with zero attached hydrogens (tertiary/aromatic N) is 2. The first-order valence-electron chi connectivity index (χ1n) is 10.6. The lowest BCUT2D eigenvalue weighted by atomic mass is 9.91. The molecule has 34 heavy (non-hydrogen) atoms. The number of ether oxygens (including phenoxy) is 1. The number of carbonyl (C=O) groups excluding carboxylic acids is 1. The van der Waals surface area contributed by atoms with Crippen molar-refractivity contribution in [1.29, 1.82) is 0 Å². The van der Waals surface area contributed by atoms with Gasteiger partial charge in [-0.3, -0.25) is 4.57 Å². The Bertz CT molecular complexity index is 1450. The molecule has 0 aliphatic carbocycles. The minimum atomic E-state index is -4.36. The number of hydrogen-bond acceptors (Lipinski definition) is 6. The van der Waals surface area contributed by atoms with Crippen LogP contribution in [0.3, 0.4) is 0 Å². The fourth-order valence-corrected chi connectivity index (χ4v) is 5.10. The predicted octanol–water partition coefficient (Wildman–Crippen LogP) is 4.56. The molecule has 1 aliphatic heterocycles. The van der Waals surface area contributed by atoms with E-state index in [0.29, 0.717) is 13.0 Å². The Balaban J connectivity index is 1.77. The molecule has 2 heterocycles. The number of aromatic nitrogens is 1. The van der Waals surface area contributed by atoms with Crippen LogP contribution in [0.1, 0.15) is 50.4 Å². The molecule has 11 heteroatoms. The third-order valence-corrected chi connectivity index (χ3v) is 7.06. The number of fused-ring (bicyclic) bond motifs is 2. The minimum Gasteiger partial charge on any atom is -0.444 e. The molecular weight excluding hydrogens is 487 g/mol. The van der Waals surface area contributed by atoms with Gasteiger partial charge in [-0.15, -0.1) is 0 Å². The molecule has 8 nitrogen and oxygen atoms in total. The summed E-state index contributed by atoms with van der Waals surface area (Å²) in [5, 5.41) is 0. The van der Waals surface area contributed by atoms with Gasteiger partial charge < -0.3 is 14.1 Å². The molecule has 2 aromatic carbocycles. The SMILES string of the molecule is CC(c1cccc2c1CN(C(=O)OC(C)(C)C)CC2)n1c(=O)oc2cc(S(=O)(=O)Cl)c(F)cc21. The Morgan fingerprint density at radius 2 is 1.97 bits per heavy atom. The van der Waals surface area contributed by atoms with Gasteiger partial charge in [0.15, 0.2) is 5.58 Å². The Morgan fingerprint density at radius 1 is 1.26 bits per heavy atom. The highest BCUT2D eigenvalue weighted by atomic mass is 35.7. The number of carbonyl (C=O) groups is 1. The molecular formula is C23H24ClFN2O6S. The van der Waals surface area contributed by atoms with Crippen LogP contribution in [0.4, 0.5) is 9.18 Å². The summed E-state index contributed by atoms with van der Waals surface area (Å²) in [6.07, 6.45) is 0.185. The van der Waals surface area contributed by atoms with Crippen LogP contribution in [0.5, 0.6) is 0 Å². The van der Waals surface area contributed by atoms with Gasteiger partial charge in [0.25, 0.3) is 9.05 Å². The molecule has 0 spiro atoms. The summed E-state index contributed by atoms with van der Waals surface area (Å²) in [6, 6.07) is 6.89. The van der Waals surface area contributed by atoms with Gasteiger partial charge in [-0.25, -0.2) is 22.4 Å². The van der Waals surface area contributed by atoms with Crippen molar-refractivity contribution in [2.24, 2.45) is 0 Å². The summed E-state index contributed by atoms with van der Waals surface area (Å²) in [7, 11) is 0.927.